The summed E-state index contributed by atoms with van der Waals surface area (Å²) in [7, 11) is 0. The molecular weight excluding hydrogens is 267 g/mol. The van der Waals surface area contributed by atoms with Crippen LogP contribution in [0.15, 0.2) is 18.2 Å². The number of hydrogen-bond donors (Lipinski definition) is 2. The van der Waals surface area contributed by atoms with E-state index in [1.807, 2.05) is 0 Å². The summed E-state index contributed by atoms with van der Waals surface area (Å²) in [5.41, 5.74) is 6.15. The maximum atomic E-state index is 13.4. The summed E-state index contributed by atoms with van der Waals surface area (Å²) in [5, 5.41) is 3.00. The van der Waals surface area contributed by atoms with Crippen LogP contribution in [-0.2, 0) is 0 Å². The number of nitrogens with two attached hydrogens (primary N) is 1. The quantitative estimate of drug-likeness (QED) is 0.821. The molecule has 2 unspecified atom stereocenters. The maximum Gasteiger partial charge on any atom is 0.252 e. The highest BCUT2D eigenvalue weighted by Crippen LogP contribution is 2.24. The van der Waals surface area contributed by atoms with Crippen LogP contribution in [-0.4, -0.2) is 18.5 Å². The molecule has 0 aliphatic heterocycles. The van der Waals surface area contributed by atoms with Gasteiger partial charge in [0.1, 0.15) is 5.82 Å². The lowest BCUT2D eigenvalue weighted by Crippen LogP contribution is -2.38. The molecule has 0 heterocycles. The topological polar surface area (TPSA) is 55.1 Å². The van der Waals surface area contributed by atoms with Crippen LogP contribution >= 0.6 is 0 Å². The Balaban J connectivity index is 2.15. The van der Waals surface area contributed by atoms with Gasteiger partial charge in [-0.2, -0.15) is 0 Å². The first-order chi connectivity index (χ1) is 10.1. The van der Waals surface area contributed by atoms with Gasteiger partial charge in [-0.1, -0.05) is 31.6 Å². The van der Waals surface area contributed by atoms with Gasteiger partial charge in [-0.25, -0.2) is 4.39 Å². The number of hydrogen-bond acceptors (Lipinski definition) is 2. The fraction of sp³-hybridized carbons (Fsp3) is 0.471. The zero-order valence-electron chi connectivity index (χ0n) is 12.3. The monoisotopic (exact) mass is 288 g/mol. The lowest BCUT2D eigenvalue weighted by Gasteiger charge is -2.27. The number of nitrogens with one attached hydrogen (secondary N) is 1. The zero-order valence-corrected chi connectivity index (χ0v) is 12.3. The van der Waals surface area contributed by atoms with E-state index in [1.54, 1.807) is 0 Å². The van der Waals surface area contributed by atoms with Crippen molar-refractivity contribution in [2.75, 3.05) is 6.54 Å². The molecule has 2 atom stereocenters. The number of rotatable bonds is 2. The number of amides is 1. The third-order valence-corrected chi connectivity index (χ3v) is 3.82. The third kappa shape index (κ3) is 4.30. The lowest BCUT2D eigenvalue weighted by molar-refractivity contribution is 0.0920. The van der Waals surface area contributed by atoms with Crippen molar-refractivity contribution in [3.63, 3.8) is 0 Å². The van der Waals surface area contributed by atoms with E-state index < -0.39 is 5.82 Å². The molecule has 21 heavy (non-hydrogen) atoms. The van der Waals surface area contributed by atoms with E-state index in [9.17, 15) is 9.18 Å². The summed E-state index contributed by atoms with van der Waals surface area (Å²) in [6, 6.07) is 4.23. The smallest absolute Gasteiger partial charge is 0.252 e. The van der Waals surface area contributed by atoms with Crippen molar-refractivity contribution in [2.45, 2.75) is 38.6 Å². The number of carbonyl (C=O) groups excluding carboxylic acids is 1. The number of halogens is 1. The van der Waals surface area contributed by atoms with Crippen LogP contribution in [0.5, 0.6) is 0 Å². The van der Waals surface area contributed by atoms with Gasteiger partial charge in [-0.05, 0) is 37.0 Å². The predicted octanol–water partition coefficient (Wildman–Crippen LogP) is 2.44. The fourth-order valence-electron chi connectivity index (χ4n) is 2.79. The van der Waals surface area contributed by atoms with E-state index in [0.29, 0.717) is 11.5 Å². The Morgan fingerprint density at radius 1 is 1.48 bits per heavy atom. The molecule has 0 spiro atoms. The van der Waals surface area contributed by atoms with Gasteiger partial charge in [0.15, 0.2) is 0 Å². The van der Waals surface area contributed by atoms with Gasteiger partial charge in [0.2, 0.25) is 0 Å². The van der Waals surface area contributed by atoms with Gasteiger partial charge >= 0.3 is 0 Å². The summed E-state index contributed by atoms with van der Waals surface area (Å²) >= 11 is 0. The Morgan fingerprint density at radius 3 is 3.00 bits per heavy atom. The van der Waals surface area contributed by atoms with E-state index in [2.05, 4.69) is 24.1 Å². The van der Waals surface area contributed by atoms with Crippen LogP contribution in [0.2, 0.25) is 0 Å². The first-order valence-electron chi connectivity index (χ1n) is 7.39. The Hall–Kier alpha value is -1.86. The average Bonchev–Trinajstić information content (AvgIpc) is 2.46. The maximum absolute atomic E-state index is 13.4. The minimum atomic E-state index is -0.435. The van der Waals surface area contributed by atoms with Crippen LogP contribution in [0.3, 0.4) is 0 Å². The first-order valence-corrected chi connectivity index (χ1v) is 7.39. The van der Waals surface area contributed by atoms with Crippen molar-refractivity contribution in [3.8, 4) is 11.8 Å². The Bertz CT molecular complexity index is 574. The molecule has 3 N–H and O–H groups in total. The summed E-state index contributed by atoms with van der Waals surface area (Å²) in [6.45, 7) is 2.40. The minimum Gasteiger partial charge on any atom is -0.349 e. The van der Waals surface area contributed by atoms with Crippen molar-refractivity contribution < 1.29 is 9.18 Å². The summed E-state index contributed by atoms with van der Waals surface area (Å²) in [6.07, 6.45) is 4.29. The molecule has 1 amide bonds. The van der Waals surface area contributed by atoms with E-state index in [4.69, 9.17) is 5.73 Å². The van der Waals surface area contributed by atoms with E-state index >= 15 is 0 Å². The molecule has 1 aromatic rings. The Kier molecular flexibility index (Phi) is 5.35. The summed E-state index contributed by atoms with van der Waals surface area (Å²) in [5.74, 6) is 5.46. The normalized spacial score (nSPS) is 21.3. The van der Waals surface area contributed by atoms with E-state index in [-0.39, 0.29) is 24.1 Å². The number of benzene rings is 1. The molecule has 0 saturated heterocycles. The Morgan fingerprint density at radius 2 is 2.29 bits per heavy atom. The largest absolute Gasteiger partial charge is 0.349 e. The van der Waals surface area contributed by atoms with Crippen LogP contribution in [0.25, 0.3) is 0 Å². The fourth-order valence-corrected chi connectivity index (χ4v) is 2.79. The van der Waals surface area contributed by atoms with Gasteiger partial charge in [-0.3, -0.25) is 4.79 Å². The minimum absolute atomic E-state index is 0.167. The predicted molar refractivity (Wildman–Crippen MR) is 81.2 cm³/mol. The first kappa shape index (κ1) is 15.5. The second kappa shape index (κ2) is 7.24. The summed E-state index contributed by atoms with van der Waals surface area (Å²) in [4.78, 5) is 12.4. The van der Waals surface area contributed by atoms with Crippen molar-refractivity contribution >= 4 is 5.91 Å². The molecule has 1 saturated carbocycles. The SMILES string of the molecule is CC1CCCC(NC(=O)c2cc(F)ccc2C#CCN)C1. The second-order valence-electron chi connectivity index (χ2n) is 5.64. The molecule has 112 valence electrons. The highest BCUT2D eigenvalue weighted by molar-refractivity contribution is 5.97. The molecular formula is C17H21FN2O. The molecule has 4 heteroatoms. The van der Waals surface area contributed by atoms with Crippen molar-refractivity contribution in [1.29, 1.82) is 0 Å². The van der Waals surface area contributed by atoms with Crippen LogP contribution in [0.4, 0.5) is 4.39 Å². The van der Waals surface area contributed by atoms with Crippen LogP contribution < -0.4 is 11.1 Å². The zero-order chi connectivity index (χ0) is 15.2. The molecule has 2 rings (SSSR count). The van der Waals surface area contributed by atoms with Gasteiger partial charge in [0.25, 0.3) is 5.91 Å². The van der Waals surface area contributed by atoms with Gasteiger partial charge < -0.3 is 11.1 Å². The average molecular weight is 288 g/mol. The van der Waals surface area contributed by atoms with Crippen LogP contribution in [0.1, 0.15) is 48.5 Å². The Labute approximate surface area is 125 Å². The molecule has 3 nitrogen and oxygen atoms in total. The standard InChI is InChI=1S/C17H21FN2O/c1-12-4-2-6-15(10-12)20-17(21)16-11-14(18)8-7-13(16)5-3-9-19/h7-8,11-12,15H,2,4,6,9-10,19H2,1H3,(H,20,21). The molecule has 1 aliphatic rings. The molecule has 1 aromatic carbocycles. The molecule has 0 aromatic heterocycles. The highest BCUT2D eigenvalue weighted by Gasteiger charge is 2.22. The van der Waals surface area contributed by atoms with Gasteiger partial charge in [0.05, 0.1) is 12.1 Å². The second-order valence-corrected chi connectivity index (χ2v) is 5.64. The molecule has 0 bridgehead atoms. The highest BCUT2D eigenvalue weighted by atomic mass is 19.1. The van der Waals surface area contributed by atoms with Gasteiger partial charge in [0, 0.05) is 11.6 Å². The van der Waals surface area contributed by atoms with E-state index in [1.165, 1.54) is 24.6 Å². The van der Waals surface area contributed by atoms with Crippen LogP contribution in [0, 0.1) is 23.6 Å². The molecule has 0 radical (unpaired) electrons. The van der Waals surface area contributed by atoms with Crippen molar-refractivity contribution in [1.82, 2.24) is 5.32 Å². The van der Waals surface area contributed by atoms with Gasteiger partial charge in [-0.15, -0.1) is 0 Å². The third-order valence-electron chi connectivity index (χ3n) is 3.82. The van der Waals surface area contributed by atoms with Crippen molar-refractivity contribution in [3.05, 3.63) is 35.1 Å². The van der Waals surface area contributed by atoms with Crippen molar-refractivity contribution in [2.24, 2.45) is 11.7 Å². The summed E-state index contributed by atoms with van der Waals surface area (Å²) < 4.78 is 13.4. The molecule has 1 fully saturated rings. The number of carbonyl (C=O) groups is 1. The molecule has 1 aliphatic carbocycles. The van der Waals surface area contributed by atoms with E-state index in [0.717, 1.165) is 19.3 Å². The lowest BCUT2D eigenvalue weighted by atomic mass is 9.87.